The summed E-state index contributed by atoms with van der Waals surface area (Å²) in [6.45, 7) is 1.31. The summed E-state index contributed by atoms with van der Waals surface area (Å²) in [7, 11) is -1.71. The van der Waals surface area contributed by atoms with Crippen molar-refractivity contribution in [3.63, 3.8) is 0 Å². The number of hydrogen-bond acceptors (Lipinski definition) is 5. The van der Waals surface area contributed by atoms with Gasteiger partial charge in [-0.2, -0.15) is 13.5 Å². The first-order valence-electron chi connectivity index (χ1n) is 6.16. The smallest absolute Gasteiger partial charge is 0.357 e. The molecule has 1 heterocycles. The molecule has 0 bridgehead atoms. The highest BCUT2D eigenvalue weighted by molar-refractivity contribution is 7.87. The number of aryl methyl sites for hydroxylation is 2. The van der Waals surface area contributed by atoms with Crippen LogP contribution in [0.1, 0.15) is 17.7 Å². The number of benzene rings is 1. The van der Waals surface area contributed by atoms with Gasteiger partial charge in [-0.3, -0.25) is 4.68 Å². The van der Waals surface area contributed by atoms with Gasteiger partial charge in [-0.25, -0.2) is 8.78 Å². The van der Waals surface area contributed by atoms with Gasteiger partial charge in [0.2, 0.25) is 5.03 Å². The maximum atomic E-state index is 13.1. The summed E-state index contributed by atoms with van der Waals surface area (Å²) in [6.07, 6.45) is -2.97. The van der Waals surface area contributed by atoms with E-state index >= 15 is 0 Å². The molecule has 22 heavy (non-hydrogen) atoms. The highest BCUT2D eigenvalue weighted by Gasteiger charge is 2.32. The van der Waals surface area contributed by atoms with Crippen molar-refractivity contribution in [3.8, 4) is 11.5 Å². The topological polar surface area (TPSA) is 70.4 Å². The Balaban J connectivity index is 2.42. The lowest BCUT2D eigenvalue weighted by Crippen LogP contribution is -2.16. The summed E-state index contributed by atoms with van der Waals surface area (Å²) in [5.74, 6) is 0.495. The number of ether oxygens (including phenoxy) is 1. The molecular weight excluding hydrogens is 318 g/mol. The highest BCUT2D eigenvalue weighted by atomic mass is 32.2. The van der Waals surface area contributed by atoms with E-state index in [0.29, 0.717) is 5.75 Å². The average Bonchev–Trinajstić information content (AvgIpc) is 2.75. The van der Waals surface area contributed by atoms with E-state index in [1.165, 1.54) is 45.3 Å². The van der Waals surface area contributed by atoms with Crippen LogP contribution in [0.15, 0.2) is 29.3 Å². The van der Waals surface area contributed by atoms with Crippen LogP contribution in [0.2, 0.25) is 0 Å². The van der Waals surface area contributed by atoms with Gasteiger partial charge in [0.1, 0.15) is 11.5 Å². The molecule has 9 heteroatoms. The summed E-state index contributed by atoms with van der Waals surface area (Å²) >= 11 is 0. The van der Waals surface area contributed by atoms with Gasteiger partial charge in [-0.15, -0.1) is 0 Å². The van der Waals surface area contributed by atoms with Gasteiger partial charge in [-0.05, 0) is 31.2 Å². The largest absolute Gasteiger partial charge is 0.497 e. The van der Waals surface area contributed by atoms with E-state index in [2.05, 4.69) is 5.10 Å². The normalized spacial score (nSPS) is 11.7. The van der Waals surface area contributed by atoms with Gasteiger partial charge in [0, 0.05) is 7.05 Å². The predicted octanol–water partition coefficient (Wildman–Crippen LogP) is 2.44. The van der Waals surface area contributed by atoms with Crippen LogP contribution in [-0.4, -0.2) is 25.3 Å². The van der Waals surface area contributed by atoms with Crippen molar-refractivity contribution in [3.05, 3.63) is 35.5 Å². The Labute approximate surface area is 126 Å². The van der Waals surface area contributed by atoms with Gasteiger partial charge in [-0.1, -0.05) is 0 Å². The number of halogens is 2. The summed E-state index contributed by atoms with van der Waals surface area (Å²) in [4.78, 5) is 0. The molecule has 0 radical (unpaired) electrons. The molecule has 0 saturated heterocycles. The van der Waals surface area contributed by atoms with Gasteiger partial charge in [0.15, 0.2) is 0 Å². The zero-order valence-electron chi connectivity index (χ0n) is 12.1. The Morgan fingerprint density at radius 3 is 2.23 bits per heavy atom. The molecule has 2 rings (SSSR count). The Kier molecular flexibility index (Phi) is 4.36. The highest BCUT2D eigenvalue weighted by Crippen LogP contribution is 2.31. The Morgan fingerprint density at radius 1 is 1.18 bits per heavy atom. The standard InChI is InChI=1S/C13H14F2N2O4S/c1-8-11(12(14)15)13(17(2)16-8)22(18,19)21-10-6-4-9(20-3)5-7-10/h4-7,12H,1-3H3. The van der Waals surface area contributed by atoms with Crippen molar-refractivity contribution in [2.24, 2.45) is 7.05 Å². The zero-order valence-corrected chi connectivity index (χ0v) is 12.9. The number of nitrogens with zero attached hydrogens (tertiary/aromatic N) is 2. The van der Waals surface area contributed by atoms with E-state index in [-0.39, 0.29) is 11.4 Å². The van der Waals surface area contributed by atoms with E-state index in [9.17, 15) is 17.2 Å². The van der Waals surface area contributed by atoms with Crippen LogP contribution in [0.4, 0.5) is 8.78 Å². The minimum absolute atomic E-state index is 0.0140. The molecule has 2 aromatic rings. The number of alkyl halides is 2. The fourth-order valence-corrected chi connectivity index (χ4v) is 3.31. The van der Waals surface area contributed by atoms with E-state index in [1.54, 1.807) is 0 Å². The lowest BCUT2D eigenvalue weighted by Gasteiger charge is -2.09. The zero-order chi connectivity index (χ0) is 16.5. The first-order chi connectivity index (χ1) is 10.3. The van der Waals surface area contributed by atoms with Crippen molar-refractivity contribution >= 4 is 10.1 Å². The fraction of sp³-hybridized carbons (Fsp3) is 0.308. The van der Waals surface area contributed by atoms with Gasteiger partial charge < -0.3 is 8.92 Å². The Hall–Kier alpha value is -2.16. The summed E-state index contributed by atoms with van der Waals surface area (Å²) in [5.41, 5.74) is -0.717. The monoisotopic (exact) mass is 332 g/mol. The molecule has 0 aliphatic carbocycles. The van der Waals surface area contributed by atoms with Crippen molar-refractivity contribution in [1.82, 2.24) is 9.78 Å². The molecule has 0 aliphatic heterocycles. The third-order valence-corrected chi connectivity index (χ3v) is 4.30. The van der Waals surface area contributed by atoms with Gasteiger partial charge in [0.05, 0.1) is 18.4 Å². The quantitative estimate of drug-likeness (QED) is 0.787. The lowest BCUT2D eigenvalue weighted by atomic mass is 10.3. The second kappa shape index (κ2) is 5.91. The van der Waals surface area contributed by atoms with Crippen molar-refractivity contribution in [1.29, 1.82) is 0 Å². The molecule has 0 aliphatic rings. The van der Waals surface area contributed by atoms with Crippen LogP contribution >= 0.6 is 0 Å². The lowest BCUT2D eigenvalue weighted by molar-refractivity contribution is 0.146. The molecule has 120 valence electrons. The Bertz CT molecular complexity index is 770. The maximum Gasteiger partial charge on any atom is 0.357 e. The number of hydrogen-bond donors (Lipinski definition) is 0. The summed E-state index contributed by atoms with van der Waals surface area (Å²) < 4.78 is 61.4. The molecule has 6 nitrogen and oxygen atoms in total. The molecule has 0 unspecified atom stereocenters. The van der Waals surface area contributed by atoms with Crippen LogP contribution in [-0.2, 0) is 17.2 Å². The molecular formula is C13H14F2N2O4S. The van der Waals surface area contributed by atoms with Crippen LogP contribution in [0, 0.1) is 6.92 Å². The third-order valence-electron chi connectivity index (χ3n) is 2.93. The summed E-state index contributed by atoms with van der Waals surface area (Å²) in [5, 5.41) is 3.07. The third kappa shape index (κ3) is 3.03. The van der Waals surface area contributed by atoms with E-state index in [0.717, 1.165) is 4.68 Å². The van der Waals surface area contributed by atoms with Crippen molar-refractivity contribution in [2.45, 2.75) is 18.4 Å². The van der Waals surface area contributed by atoms with Gasteiger partial charge in [0.25, 0.3) is 6.43 Å². The number of aromatic nitrogens is 2. The average molecular weight is 332 g/mol. The first-order valence-corrected chi connectivity index (χ1v) is 7.57. The molecule has 0 fully saturated rings. The van der Waals surface area contributed by atoms with Crippen molar-refractivity contribution in [2.75, 3.05) is 7.11 Å². The fourth-order valence-electron chi connectivity index (χ4n) is 2.00. The van der Waals surface area contributed by atoms with E-state index < -0.39 is 27.1 Å². The predicted molar refractivity (Wildman–Crippen MR) is 73.7 cm³/mol. The van der Waals surface area contributed by atoms with Crippen LogP contribution in [0.25, 0.3) is 0 Å². The van der Waals surface area contributed by atoms with E-state index in [4.69, 9.17) is 8.92 Å². The minimum Gasteiger partial charge on any atom is -0.497 e. The second-order valence-corrected chi connectivity index (χ2v) is 5.90. The molecule has 0 amide bonds. The van der Waals surface area contributed by atoms with Crippen molar-refractivity contribution < 1.29 is 26.1 Å². The van der Waals surface area contributed by atoms with Crippen LogP contribution in [0.3, 0.4) is 0 Å². The second-order valence-electron chi connectivity index (χ2n) is 4.44. The minimum atomic E-state index is -4.44. The number of methoxy groups -OCH3 is 1. The number of rotatable bonds is 5. The van der Waals surface area contributed by atoms with E-state index in [1.807, 2.05) is 0 Å². The van der Waals surface area contributed by atoms with Crippen LogP contribution in [0.5, 0.6) is 11.5 Å². The SMILES string of the molecule is COc1ccc(OS(=O)(=O)c2c(C(F)F)c(C)nn2C)cc1. The van der Waals surface area contributed by atoms with Crippen LogP contribution < -0.4 is 8.92 Å². The molecule has 0 saturated carbocycles. The molecule has 0 atom stereocenters. The molecule has 1 aromatic carbocycles. The molecule has 1 aromatic heterocycles. The summed E-state index contributed by atoms with van der Waals surface area (Å²) in [6, 6.07) is 5.71. The molecule has 0 spiro atoms. The Morgan fingerprint density at radius 2 is 1.73 bits per heavy atom. The molecule has 0 N–H and O–H groups in total. The first kappa shape index (κ1) is 16.2. The maximum absolute atomic E-state index is 13.1. The van der Waals surface area contributed by atoms with Gasteiger partial charge >= 0.3 is 10.1 Å².